The standard InChI is InChI=1S/C14H31ISi/c1-16(2,3)14-12-10-8-6-4-5-7-9-11-13-15/h4-14H2,1-3H3. The van der Waals surface area contributed by atoms with Crippen LogP contribution in [0.5, 0.6) is 0 Å². The molecular weight excluding hydrogens is 323 g/mol. The van der Waals surface area contributed by atoms with Crippen molar-refractivity contribution in [2.24, 2.45) is 0 Å². The zero-order valence-corrected chi connectivity index (χ0v) is 14.8. The van der Waals surface area contributed by atoms with Crippen LogP contribution in [-0.2, 0) is 0 Å². The maximum absolute atomic E-state index is 2.49. The summed E-state index contributed by atoms with van der Waals surface area (Å²) in [6.07, 6.45) is 13.3. The fourth-order valence-corrected chi connectivity index (χ4v) is 3.84. The van der Waals surface area contributed by atoms with E-state index < -0.39 is 8.07 Å². The lowest BCUT2D eigenvalue weighted by Crippen LogP contribution is -2.18. The van der Waals surface area contributed by atoms with E-state index in [4.69, 9.17) is 0 Å². The third-order valence-electron chi connectivity index (χ3n) is 3.06. The van der Waals surface area contributed by atoms with Crippen LogP contribution in [0.15, 0.2) is 0 Å². The van der Waals surface area contributed by atoms with Gasteiger partial charge in [-0.05, 0) is 10.8 Å². The molecule has 16 heavy (non-hydrogen) atoms. The minimum Gasteiger partial charge on any atom is -0.0864 e. The molecule has 0 saturated heterocycles. The molecule has 0 amide bonds. The first-order valence-corrected chi connectivity index (χ1v) is 12.4. The highest BCUT2D eigenvalue weighted by molar-refractivity contribution is 14.1. The van der Waals surface area contributed by atoms with Crippen LogP contribution in [0.2, 0.25) is 25.7 Å². The zero-order valence-electron chi connectivity index (χ0n) is 11.7. The minimum atomic E-state index is -0.748. The highest BCUT2D eigenvalue weighted by Gasteiger charge is 2.11. The molecule has 0 nitrogen and oxygen atoms in total. The summed E-state index contributed by atoms with van der Waals surface area (Å²) >= 11 is 2.48. The first-order valence-electron chi connectivity index (χ1n) is 7.12. The van der Waals surface area contributed by atoms with E-state index in [1.807, 2.05) is 0 Å². The first-order chi connectivity index (χ1) is 7.56. The summed E-state index contributed by atoms with van der Waals surface area (Å²) in [5.41, 5.74) is 0. The molecule has 0 N–H and O–H groups in total. The van der Waals surface area contributed by atoms with Crippen LogP contribution in [0.25, 0.3) is 0 Å². The third-order valence-corrected chi connectivity index (χ3v) is 5.68. The van der Waals surface area contributed by atoms with E-state index in [-0.39, 0.29) is 0 Å². The molecule has 0 aromatic carbocycles. The van der Waals surface area contributed by atoms with Crippen molar-refractivity contribution >= 4 is 30.7 Å². The Morgan fingerprint density at radius 1 is 0.625 bits per heavy atom. The second-order valence-corrected chi connectivity index (χ2v) is 12.9. The maximum Gasteiger partial charge on any atom is 0.0442 e. The summed E-state index contributed by atoms with van der Waals surface area (Å²) in [6.45, 7) is 7.46. The molecule has 0 atom stereocenters. The monoisotopic (exact) mass is 354 g/mol. The van der Waals surface area contributed by atoms with E-state index in [0.29, 0.717) is 0 Å². The van der Waals surface area contributed by atoms with Gasteiger partial charge in [-0.1, -0.05) is 99.6 Å². The normalized spacial score (nSPS) is 12.0. The van der Waals surface area contributed by atoms with Gasteiger partial charge in [-0.2, -0.15) is 0 Å². The molecule has 0 radical (unpaired) electrons. The van der Waals surface area contributed by atoms with Gasteiger partial charge >= 0.3 is 0 Å². The molecule has 0 saturated carbocycles. The number of hydrogen-bond acceptors (Lipinski definition) is 0. The highest BCUT2D eigenvalue weighted by Crippen LogP contribution is 2.16. The van der Waals surface area contributed by atoms with Crippen molar-refractivity contribution in [3.05, 3.63) is 0 Å². The van der Waals surface area contributed by atoms with Gasteiger partial charge < -0.3 is 0 Å². The summed E-state index contributed by atoms with van der Waals surface area (Å²) in [4.78, 5) is 0. The van der Waals surface area contributed by atoms with Gasteiger partial charge in [0.05, 0.1) is 0 Å². The fraction of sp³-hybridized carbons (Fsp3) is 1.00. The molecule has 0 unspecified atom stereocenters. The molecule has 0 aliphatic rings. The SMILES string of the molecule is C[Si](C)(C)CCCCCCCCCCCI. The van der Waals surface area contributed by atoms with Gasteiger partial charge in [0.1, 0.15) is 0 Å². The van der Waals surface area contributed by atoms with Crippen molar-refractivity contribution < 1.29 is 0 Å². The van der Waals surface area contributed by atoms with Crippen LogP contribution in [0.1, 0.15) is 57.8 Å². The van der Waals surface area contributed by atoms with Gasteiger partial charge in [-0.15, -0.1) is 0 Å². The van der Waals surface area contributed by atoms with Gasteiger partial charge in [-0.3, -0.25) is 0 Å². The number of unbranched alkanes of at least 4 members (excludes halogenated alkanes) is 8. The Labute approximate surface area is 118 Å². The molecule has 0 heterocycles. The van der Waals surface area contributed by atoms with Crippen molar-refractivity contribution in [2.45, 2.75) is 83.5 Å². The van der Waals surface area contributed by atoms with Crippen molar-refractivity contribution in [1.29, 1.82) is 0 Å². The van der Waals surface area contributed by atoms with Gasteiger partial charge in [0.15, 0.2) is 0 Å². The van der Waals surface area contributed by atoms with Crippen LogP contribution in [0.4, 0.5) is 0 Å². The predicted octanol–water partition coefficient (Wildman–Crippen LogP) is 6.27. The molecule has 0 aliphatic carbocycles. The molecule has 0 fully saturated rings. The minimum absolute atomic E-state index is 0.748. The Morgan fingerprint density at radius 2 is 1.00 bits per heavy atom. The first kappa shape index (κ1) is 16.9. The lowest BCUT2D eigenvalue weighted by atomic mass is 10.1. The van der Waals surface area contributed by atoms with E-state index in [1.165, 1.54) is 68.3 Å². The van der Waals surface area contributed by atoms with Gasteiger partial charge in [-0.25, -0.2) is 0 Å². The third kappa shape index (κ3) is 14.9. The van der Waals surface area contributed by atoms with E-state index >= 15 is 0 Å². The summed E-state index contributed by atoms with van der Waals surface area (Å²) in [5.74, 6) is 0. The van der Waals surface area contributed by atoms with Gasteiger partial charge in [0, 0.05) is 8.07 Å². The lowest BCUT2D eigenvalue weighted by Gasteiger charge is -2.14. The number of halogens is 1. The predicted molar refractivity (Wildman–Crippen MR) is 88.6 cm³/mol. The molecule has 0 spiro atoms. The Balaban J connectivity index is 2.99. The van der Waals surface area contributed by atoms with Crippen LogP contribution >= 0.6 is 22.6 Å². The van der Waals surface area contributed by atoms with E-state index in [1.54, 1.807) is 0 Å². The summed E-state index contributed by atoms with van der Waals surface area (Å²) in [7, 11) is -0.748. The van der Waals surface area contributed by atoms with Crippen molar-refractivity contribution in [1.82, 2.24) is 0 Å². The van der Waals surface area contributed by atoms with Crippen LogP contribution in [0, 0.1) is 0 Å². The Bertz CT molecular complexity index is 140. The topological polar surface area (TPSA) is 0 Å². The van der Waals surface area contributed by atoms with E-state index in [9.17, 15) is 0 Å². The average Bonchev–Trinajstić information content (AvgIpc) is 2.19. The highest BCUT2D eigenvalue weighted by atomic mass is 127. The van der Waals surface area contributed by atoms with E-state index in [0.717, 1.165) is 0 Å². The van der Waals surface area contributed by atoms with Crippen LogP contribution in [0.3, 0.4) is 0 Å². The van der Waals surface area contributed by atoms with Gasteiger partial charge in [0.25, 0.3) is 0 Å². The van der Waals surface area contributed by atoms with Gasteiger partial charge in [0.2, 0.25) is 0 Å². The quantitative estimate of drug-likeness (QED) is 0.177. The second kappa shape index (κ2) is 11.1. The van der Waals surface area contributed by atoms with Crippen molar-refractivity contribution in [2.75, 3.05) is 4.43 Å². The molecule has 0 aromatic rings. The summed E-state index contributed by atoms with van der Waals surface area (Å²) in [5, 5.41) is 0. The average molecular weight is 354 g/mol. The lowest BCUT2D eigenvalue weighted by molar-refractivity contribution is 0.573. The molecule has 0 aliphatic heterocycles. The molecule has 98 valence electrons. The number of hydrogen-bond donors (Lipinski definition) is 0. The molecule has 0 aromatic heterocycles. The number of alkyl halides is 1. The van der Waals surface area contributed by atoms with Crippen LogP contribution < -0.4 is 0 Å². The second-order valence-electron chi connectivity index (χ2n) is 6.18. The fourth-order valence-electron chi connectivity index (χ4n) is 1.99. The smallest absolute Gasteiger partial charge is 0.0442 e. The summed E-state index contributed by atoms with van der Waals surface area (Å²) in [6, 6.07) is 1.53. The molecule has 0 bridgehead atoms. The van der Waals surface area contributed by atoms with Crippen LogP contribution in [-0.4, -0.2) is 12.5 Å². The van der Waals surface area contributed by atoms with Crippen molar-refractivity contribution in [3.8, 4) is 0 Å². The Kier molecular flexibility index (Phi) is 11.7. The summed E-state index contributed by atoms with van der Waals surface area (Å²) < 4.78 is 1.34. The zero-order chi connectivity index (χ0) is 12.3. The maximum atomic E-state index is 2.49. The Morgan fingerprint density at radius 3 is 1.38 bits per heavy atom. The largest absolute Gasteiger partial charge is 0.0864 e. The number of rotatable bonds is 11. The molecule has 0 rings (SSSR count). The van der Waals surface area contributed by atoms with E-state index in [2.05, 4.69) is 42.2 Å². The molecular formula is C14H31ISi. The molecule has 2 heteroatoms. The van der Waals surface area contributed by atoms with Crippen molar-refractivity contribution in [3.63, 3.8) is 0 Å². The Hall–Kier alpha value is 0.947.